The molecule has 0 saturated heterocycles. The molecule has 0 spiro atoms. The molecule has 0 aliphatic heterocycles. The van der Waals surface area contributed by atoms with Crippen LogP contribution in [0.3, 0.4) is 0 Å². The van der Waals surface area contributed by atoms with E-state index in [-0.39, 0.29) is 6.04 Å². The lowest BCUT2D eigenvalue weighted by Crippen LogP contribution is -2.18. The third kappa shape index (κ3) is 3.44. The van der Waals surface area contributed by atoms with Crippen LogP contribution in [0.25, 0.3) is 0 Å². The van der Waals surface area contributed by atoms with Gasteiger partial charge >= 0.3 is 0 Å². The van der Waals surface area contributed by atoms with Gasteiger partial charge in [-0.15, -0.1) is 0 Å². The van der Waals surface area contributed by atoms with Gasteiger partial charge in [0.2, 0.25) is 0 Å². The van der Waals surface area contributed by atoms with Crippen LogP contribution in [0.5, 0.6) is 11.5 Å². The molecule has 0 aliphatic rings. The molecule has 2 aromatic carbocycles. The Bertz CT molecular complexity index is 616. The largest absolute Gasteiger partial charge is 0.495 e. The summed E-state index contributed by atoms with van der Waals surface area (Å²) in [5, 5.41) is 3.80. The Morgan fingerprint density at radius 1 is 1.05 bits per heavy atom. The van der Waals surface area contributed by atoms with Crippen LogP contribution in [0.15, 0.2) is 36.4 Å². The molecular weight excluding hydrogens is 401 g/mol. The molecule has 3 nitrogen and oxygen atoms in total. The molecule has 2 aromatic rings. The van der Waals surface area contributed by atoms with E-state index in [1.807, 2.05) is 19.2 Å². The van der Waals surface area contributed by atoms with E-state index in [9.17, 15) is 0 Å². The van der Waals surface area contributed by atoms with Gasteiger partial charge in [0.05, 0.1) is 20.3 Å². The van der Waals surface area contributed by atoms with E-state index in [4.69, 9.17) is 21.1 Å². The van der Waals surface area contributed by atoms with Crippen molar-refractivity contribution >= 4 is 34.2 Å². The lowest BCUT2D eigenvalue weighted by atomic mass is 9.98. The summed E-state index contributed by atoms with van der Waals surface area (Å²) in [5.74, 6) is 1.24. The highest BCUT2D eigenvalue weighted by atomic mass is 127. The third-order valence-corrected chi connectivity index (χ3v) is 4.40. The Kier molecular flexibility index (Phi) is 5.72. The van der Waals surface area contributed by atoms with Gasteiger partial charge in [-0.3, -0.25) is 0 Å². The molecule has 112 valence electrons. The van der Waals surface area contributed by atoms with Crippen molar-refractivity contribution in [2.24, 2.45) is 0 Å². The number of nitrogens with one attached hydrogen (secondary N) is 1. The third-order valence-electron chi connectivity index (χ3n) is 3.32. The van der Waals surface area contributed by atoms with Crippen LogP contribution in [0, 0.1) is 3.57 Å². The number of benzene rings is 2. The van der Waals surface area contributed by atoms with Gasteiger partial charge in [-0.05, 0) is 59.5 Å². The van der Waals surface area contributed by atoms with Crippen molar-refractivity contribution in [1.29, 1.82) is 0 Å². The lowest BCUT2D eigenvalue weighted by molar-refractivity contribution is 0.388. The first-order valence-corrected chi connectivity index (χ1v) is 7.91. The summed E-state index contributed by atoms with van der Waals surface area (Å²) in [4.78, 5) is 0. The summed E-state index contributed by atoms with van der Waals surface area (Å²) in [7, 11) is 5.13. The molecule has 5 heteroatoms. The van der Waals surface area contributed by atoms with E-state index < -0.39 is 0 Å². The highest BCUT2D eigenvalue weighted by Gasteiger charge is 2.20. The molecule has 0 radical (unpaired) electrons. The first-order valence-electron chi connectivity index (χ1n) is 6.45. The SMILES string of the molecule is CNC(c1ccc(I)cc1)c1ccc(OC)c(Cl)c1OC. The van der Waals surface area contributed by atoms with Gasteiger partial charge < -0.3 is 14.8 Å². The molecule has 0 aliphatic carbocycles. The number of ether oxygens (including phenoxy) is 2. The standard InChI is InChI=1S/C16H17ClINO2/c1-19-15(10-4-6-11(18)7-5-10)12-8-9-13(20-2)14(17)16(12)21-3/h4-9,15,19H,1-3H3. The average molecular weight is 418 g/mol. The summed E-state index contributed by atoms with van der Waals surface area (Å²) in [6.07, 6.45) is 0. The fourth-order valence-electron chi connectivity index (χ4n) is 2.30. The van der Waals surface area contributed by atoms with Crippen LogP contribution >= 0.6 is 34.2 Å². The van der Waals surface area contributed by atoms with E-state index in [1.165, 1.54) is 3.57 Å². The first kappa shape index (κ1) is 16.4. The molecule has 0 saturated carbocycles. The molecule has 1 atom stereocenters. The summed E-state index contributed by atoms with van der Waals surface area (Å²) in [6.45, 7) is 0. The van der Waals surface area contributed by atoms with E-state index in [0.717, 1.165) is 11.1 Å². The quantitative estimate of drug-likeness (QED) is 0.737. The molecular formula is C16H17ClINO2. The van der Waals surface area contributed by atoms with Crippen LogP contribution in [0.1, 0.15) is 17.2 Å². The van der Waals surface area contributed by atoms with Gasteiger partial charge in [0.15, 0.2) is 0 Å². The molecule has 0 amide bonds. The van der Waals surface area contributed by atoms with Crippen LogP contribution in [0.2, 0.25) is 5.02 Å². The van der Waals surface area contributed by atoms with Gasteiger partial charge in [-0.25, -0.2) is 0 Å². The zero-order valence-corrected chi connectivity index (χ0v) is 15.0. The maximum absolute atomic E-state index is 6.35. The summed E-state index contributed by atoms with van der Waals surface area (Å²) in [6, 6.07) is 12.2. The second-order valence-corrected chi connectivity index (χ2v) is 6.10. The maximum Gasteiger partial charge on any atom is 0.146 e. The molecule has 2 rings (SSSR count). The Hall–Kier alpha value is -0.980. The maximum atomic E-state index is 6.35. The minimum Gasteiger partial charge on any atom is -0.495 e. The molecule has 21 heavy (non-hydrogen) atoms. The summed E-state index contributed by atoms with van der Waals surface area (Å²) >= 11 is 8.64. The number of methoxy groups -OCH3 is 2. The normalized spacial score (nSPS) is 12.0. The minimum atomic E-state index is 0.000330. The van der Waals surface area contributed by atoms with Crippen LogP contribution < -0.4 is 14.8 Å². The van der Waals surface area contributed by atoms with E-state index >= 15 is 0 Å². The van der Waals surface area contributed by atoms with Crippen molar-refractivity contribution in [3.8, 4) is 11.5 Å². The Morgan fingerprint density at radius 2 is 1.71 bits per heavy atom. The van der Waals surface area contributed by atoms with Crippen LogP contribution in [-0.2, 0) is 0 Å². The zero-order valence-electron chi connectivity index (χ0n) is 12.1. The van der Waals surface area contributed by atoms with Gasteiger partial charge in [0, 0.05) is 9.13 Å². The van der Waals surface area contributed by atoms with Crippen molar-refractivity contribution < 1.29 is 9.47 Å². The number of rotatable bonds is 5. The molecule has 0 bridgehead atoms. The van der Waals surface area contributed by atoms with Crippen molar-refractivity contribution in [2.45, 2.75) is 6.04 Å². The molecule has 0 fully saturated rings. The van der Waals surface area contributed by atoms with Crippen molar-refractivity contribution in [3.05, 3.63) is 56.1 Å². The number of hydrogen-bond acceptors (Lipinski definition) is 3. The predicted octanol–water partition coefficient (Wildman–Crippen LogP) is 4.27. The van der Waals surface area contributed by atoms with E-state index in [2.05, 4.69) is 52.2 Å². The van der Waals surface area contributed by atoms with Crippen molar-refractivity contribution in [3.63, 3.8) is 0 Å². The van der Waals surface area contributed by atoms with Crippen LogP contribution in [-0.4, -0.2) is 21.3 Å². The van der Waals surface area contributed by atoms with E-state index in [1.54, 1.807) is 14.2 Å². The fraction of sp³-hybridized carbons (Fsp3) is 0.250. The first-order chi connectivity index (χ1) is 10.1. The highest BCUT2D eigenvalue weighted by molar-refractivity contribution is 14.1. The Balaban J connectivity index is 2.52. The van der Waals surface area contributed by atoms with Crippen molar-refractivity contribution in [2.75, 3.05) is 21.3 Å². The number of hydrogen-bond donors (Lipinski definition) is 1. The number of halogens is 2. The minimum absolute atomic E-state index is 0.000330. The van der Waals surface area contributed by atoms with Gasteiger partial charge in [0.25, 0.3) is 0 Å². The highest BCUT2D eigenvalue weighted by Crippen LogP contribution is 2.40. The zero-order chi connectivity index (χ0) is 15.4. The molecule has 0 heterocycles. The molecule has 1 N–H and O–H groups in total. The van der Waals surface area contributed by atoms with Gasteiger partial charge in [-0.1, -0.05) is 23.7 Å². The van der Waals surface area contributed by atoms with Crippen LogP contribution in [0.4, 0.5) is 0 Å². The monoisotopic (exact) mass is 417 g/mol. The fourth-order valence-corrected chi connectivity index (χ4v) is 2.99. The predicted molar refractivity (Wildman–Crippen MR) is 94.6 cm³/mol. The summed E-state index contributed by atoms with van der Waals surface area (Å²) in [5.41, 5.74) is 2.13. The lowest BCUT2D eigenvalue weighted by Gasteiger charge is -2.21. The Labute approximate surface area is 143 Å². The van der Waals surface area contributed by atoms with Gasteiger partial charge in [-0.2, -0.15) is 0 Å². The van der Waals surface area contributed by atoms with Crippen molar-refractivity contribution in [1.82, 2.24) is 5.32 Å². The molecule has 1 unspecified atom stereocenters. The van der Waals surface area contributed by atoms with Gasteiger partial charge in [0.1, 0.15) is 16.5 Å². The molecule has 0 aromatic heterocycles. The average Bonchev–Trinajstić information content (AvgIpc) is 2.50. The Morgan fingerprint density at radius 3 is 2.24 bits per heavy atom. The summed E-state index contributed by atoms with van der Waals surface area (Å²) < 4.78 is 11.9. The second kappa shape index (κ2) is 7.33. The smallest absolute Gasteiger partial charge is 0.146 e. The second-order valence-electron chi connectivity index (χ2n) is 4.48. The topological polar surface area (TPSA) is 30.5 Å². The van der Waals surface area contributed by atoms with E-state index in [0.29, 0.717) is 16.5 Å².